The van der Waals surface area contributed by atoms with Crippen molar-refractivity contribution in [2.45, 2.75) is 71.6 Å². The van der Waals surface area contributed by atoms with Gasteiger partial charge in [0.2, 0.25) is 17.7 Å². The summed E-state index contributed by atoms with van der Waals surface area (Å²) in [5.74, 6) is 0.714. The predicted molar refractivity (Wildman–Crippen MR) is 129 cm³/mol. The third kappa shape index (κ3) is 9.14. The van der Waals surface area contributed by atoms with Crippen LogP contribution in [0.4, 0.5) is 4.79 Å². The highest BCUT2D eigenvalue weighted by atomic mass is 16.6. The van der Waals surface area contributed by atoms with E-state index in [1.54, 1.807) is 52.0 Å². The second kappa shape index (κ2) is 13.2. The molecule has 0 aliphatic carbocycles. The first kappa shape index (κ1) is 28.5. The zero-order valence-electron chi connectivity index (χ0n) is 20.6. The third-order valence-corrected chi connectivity index (χ3v) is 4.80. The van der Waals surface area contributed by atoms with Crippen LogP contribution in [-0.2, 0) is 19.1 Å². The second-order valence-corrected chi connectivity index (χ2v) is 8.81. The summed E-state index contributed by atoms with van der Waals surface area (Å²) in [6.07, 6.45) is 5.78. The SMILES string of the molecule is C#Cc1ccc(C(C(=O)NCCCC)N(CC)C(=O)C(CC(N)=O)NC(=O)OC(C)(C)C)cc1. The van der Waals surface area contributed by atoms with Crippen LogP contribution in [0.15, 0.2) is 24.3 Å². The van der Waals surface area contributed by atoms with Crippen LogP contribution < -0.4 is 16.4 Å². The topological polar surface area (TPSA) is 131 Å². The molecule has 0 saturated heterocycles. The van der Waals surface area contributed by atoms with Crippen molar-refractivity contribution in [3.05, 3.63) is 35.4 Å². The lowest BCUT2D eigenvalue weighted by atomic mass is 10.0. The molecule has 0 fully saturated rings. The zero-order chi connectivity index (χ0) is 25.9. The zero-order valence-corrected chi connectivity index (χ0v) is 20.6. The predicted octanol–water partition coefficient (Wildman–Crippen LogP) is 2.24. The highest BCUT2D eigenvalue weighted by molar-refractivity contribution is 5.94. The molecule has 4 amide bonds. The van der Waals surface area contributed by atoms with Crippen molar-refractivity contribution in [1.82, 2.24) is 15.5 Å². The minimum atomic E-state index is -1.30. The van der Waals surface area contributed by atoms with Gasteiger partial charge in [0, 0.05) is 18.7 Å². The van der Waals surface area contributed by atoms with E-state index in [1.807, 2.05) is 6.92 Å². The maximum absolute atomic E-state index is 13.5. The first-order chi connectivity index (χ1) is 15.9. The fourth-order valence-corrected chi connectivity index (χ4v) is 3.24. The van der Waals surface area contributed by atoms with E-state index in [1.165, 1.54) is 4.90 Å². The van der Waals surface area contributed by atoms with Gasteiger partial charge in [-0.05, 0) is 51.8 Å². The Morgan fingerprint density at radius 3 is 2.24 bits per heavy atom. The van der Waals surface area contributed by atoms with E-state index < -0.39 is 42.0 Å². The van der Waals surface area contributed by atoms with Crippen LogP contribution in [-0.4, -0.2) is 53.4 Å². The largest absolute Gasteiger partial charge is 0.444 e. The molecule has 4 N–H and O–H groups in total. The number of terminal acetylenes is 1. The molecule has 0 heterocycles. The number of benzene rings is 1. The highest BCUT2D eigenvalue weighted by Gasteiger charge is 2.36. The van der Waals surface area contributed by atoms with Gasteiger partial charge in [0.25, 0.3) is 0 Å². The molecular weight excluding hydrogens is 436 g/mol. The van der Waals surface area contributed by atoms with E-state index in [0.717, 1.165) is 12.8 Å². The lowest BCUT2D eigenvalue weighted by Gasteiger charge is -2.33. The Kier molecular flexibility index (Phi) is 11.1. The van der Waals surface area contributed by atoms with Crippen molar-refractivity contribution in [1.29, 1.82) is 0 Å². The molecule has 9 nitrogen and oxygen atoms in total. The fourth-order valence-electron chi connectivity index (χ4n) is 3.24. The van der Waals surface area contributed by atoms with Gasteiger partial charge in [-0.3, -0.25) is 14.4 Å². The molecule has 1 rings (SSSR count). The molecule has 0 spiro atoms. The summed E-state index contributed by atoms with van der Waals surface area (Å²) >= 11 is 0. The average molecular weight is 473 g/mol. The maximum Gasteiger partial charge on any atom is 0.408 e. The van der Waals surface area contributed by atoms with Gasteiger partial charge in [-0.25, -0.2) is 4.79 Å². The number of hydrogen-bond donors (Lipinski definition) is 3. The van der Waals surface area contributed by atoms with E-state index in [9.17, 15) is 19.2 Å². The summed E-state index contributed by atoms with van der Waals surface area (Å²) in [5.41, 5.74) is 5.69. The number of nitrogens with zero attached hydrogens (tertiary/aromatic N) is 1. The summed E-state index contributed by atoms with van der Waals surface area (Å²) in [6, 6.07) is 4.42. The number of carbonyl (C=O) groups is 4. The van der Waals surface area contributed by atoms with Crippen LogP contribution in [0.2, 0.25) is 0 Å². The van der Waals surface area contributed by atoms with E-state index in [-0.39, 0.29) is 12.5 Å². The number of rotatable bonds is 11. The molecule has 2 atom stereocenters. The molecule has 0 saturated carbocycles. The van der Waals surface area contributed by atoms with E-state index in [2.05, 4.69) is 16.6 Å². The van der Waals surface area contributed by atoms with Crippen molar-refractivity contribution in [2.75, 3.05) is 13.1 Å². The summed E-state index contributed by atoms with van der Waals surface area (Å²) in [7, 11) is 0. The molecule has 0 aromatic heterocycles. The Bertz CT molecular complexity index is 899. The first-order valence-electron chi connectivity index (χ1n) is 11.4. The van der Waals surface area contributed by atoms with Crippen LogP contribution in [0.3, 0.4) is 0 Å². The van der Waals surface area contributed by atoms with Crippen molar-refractivity contribution < 1.29 is 23.9 Å². The Labute approximate surface area is 201 Å². The summed E-state index contributed by atoms with van der Waals surface area (Å²) in [6.45, 7) is 9.30. The van der Waals surface area contributed by atoms with Crippen molar-refractivity contribution >= 4 is 23.8 Å². The number of nitrogens with two attached hydrogens (primary N) is 1. The molecule has 0 bridgehead atoms. The van der Waals surface area contributed by atoms with Crippen LogP contribution in [0.25, 0.3) is 0 Å². The molecular formula is C25H36N4O5. The number of ether oxygens (including phenoxy) is 1. The number of amides is 4. The lowest BCUT2D eigenvalue weighted by molar-refractivity contribution is -0.143. The molecule has 0 aliphatic rings. The second-order valence-electron chi connectivity index (χ2n) is 8.81. The number of carbonyl (C=O) groups excluding carboxylic acids is 4. The van der Waals surface area contributed by atoms with Crippen molar-refractivity contribution in [2.24, 2.45) is 5.73 Å². The molecule has 186 valence electrons. The number of likely N-dealkylation sites (N-methyl/N-ethyl adjacent to an activating group) is 1. The number of alkyl carbamates (subject to hydrolysis) is 1. The molecule has 0 radical (unpaired) electrons. The van der Waals surface area contributed by atoms with Gasteiger partial charge in [0.1, 0.15) is 17.7 Å². The van der Waals surface area contributed by atoms with Gasteiger partial charge in [-0.2, -0.15) is 0 Å². The van der Waals surface area contributed by atoms with Gasteiger partial charge in [-0.15, -0.1) is 6.42 Å². The van der Waals surface area contributed by atoms with Crippen molar-refractivity contribution in [3.8, 4) is 12.3 Å². The van der Waals surface area contributed by atoms with Crippen LogP contribution in [0.1, 0.15) is 71.0 Å². The molecule has 0 aliphatic heterocycles. The number of unbranched alkanes of at least 4 members (excludes halogenated alkanes) is 1. The molecule has 1 aromatic rings. The van der Waals surface area contributed by atoms with E-state index in [0.29, 0.717) is 17.7 Å². The first-order valence-corrected chi connectivity index (χ1v) is 11.4. The maximum atomic E-state index is 13.5. The van der Waals surface area contributed by atoms with Gasteiger partial charge >= 0.3 is 6.09 Å². The molecule has 9 heteroatoms. The Morgan fingerprint density at radius 1 is 1.15 bits per heavy atom. The van der Waals surface area contributed by atoms with Crippen LogP contribution in [0.5, 0.6) is 0 Å². The highest BCUT2D eigenvalue weighted by Crippen LogP contribution is 2.23. The van der Waals surface area contributed by atoms with Crippen LogP contribution >= 0.6 is 0 Å². The van der Waals surface area contributed by atoms with Gasteiger partial charge < -0.3 is 26.0 Å². The summed E-state index contributed by atoms with van der Waals surface area (Å²) in [5, 5.41) is 5.28. The Hall–Kier alpha value is -3.54. The summed E-state index contributed by atoms with van der Waals surface area (Å²) < 4.78 is 5.23. The normalized spacial score (nSPS) is 12.6. The third-order valence-electron chi connectivity index (χ3n) is 4.80. The summed E-state index contributed by atoms with van der Waals surface area (Å²) in [4.78, 5) is 52.0. The average Bonchev–Trinajstić information content (AvgIpc) is 2.75. The van der Waals surface area contributed by atoms with Crippen LogP contribution in [0, 0.1) is 12.3 Å². The lowest BCUT2D eigenvalue weighted by Crippen LogP contribution is -2.54. The van der Waals surface area contributed by atoms with E-state index in [4.69, 9.17) is 16.9 Å². The number of primary amides is 1. The minimum absolute atomic E-state index is 0.132. The molecule has 1 aromatic carbocycles. The monoisotopic (exact) mass is 472 g/mol. The standard InChI is InChI=1S/C25H36N4O5/c1-7-10-15-27-22(31)21(18-13-11-17(8-2)12-14-18)29(9-3)23(32)19(16-20(26)30)28-24(33)34-25(4,5)6/h2,11-14,19,21H,7,9-10,15-16H2,1,3-6H3,(H2,26,30)(H,27,31)(H,28,33). The number of hydrogen-bond acceptors (Lipinski definition) is 5. The molecule has 2 unspecified atom stereocenters. The van der Waals surface area contributed by atoms with Gasteiger partial charge in [-0.1, -0.05) is 31.4 Å². The fraction of sp³-hybridized carbons (Fsp3) is 0.520. The molecule has 34 heavy (non-hydrogen) atoms. The van der Waals surface area contributed by atoms with Gasteiger partial charge in [0.05, 0.1) is 6.42 Å². The van der Waals surface area contributed by atoms with E-state index >= 15 is 0 Å². The quantitative estimate of drug-likeness (QED) is 0.336. The Morgan fingerprint density at radius 2 is 1.76 bits per heavy atom. The minimum Gasteiger partial charge on any atom is -0.444 e. The van der Waals surface area contributed by atoms with Crippen molar-refractivity contribution in [3.63, 3.8) is 0 Å². The smallest absolute Gasteiger partial charge is 0.408 e. The van der Waals surface area contributed by atoms with Gasteiger partial charge in [0.15, 0.2) is 0 Å². The number of nitrogens with one attached hydrogen (secondary N) is 2. The Balaban J connectivity index is 3.33.